The van der Waals surface area contributed by atoms with Gasteiger partial charge in [-0.25, -0.2) is 9.97 Å². The highest BCUT2D eigenvalue weighted by Gasteiger charge is 2.18. The zero-order valence-electron chi connectivity index (χ0n) is 8.50. The molecule has 2 rings (SSSR count). The molecule has 0 radical (unpaired) electrons. The van der Waals surface area contributed by atoms with Gasteiger partial charge in [-0.15, -0.1) is 0 Å². The van der Waals surface area contributed by atoms with Crippen LogP contribution in [0.2, 0.25) is 0 Å². The quantitative estimate of drug-likeness (QED) is 0.656. The molecule has 0 aromatic carbocycles. The van der Waals surface area contributed by atoms with Gasteiger partial charge < -0.3 is 5.73 Å². The molecule has 14 heavy (non-hydrogen) atoms. The Balaban J connectivity index is 2.66. The summed E-state index contributed by atoms with van der Waals surface area (Å²) in [6.07, 6.45) is 1.71. The largest absolute Gasteiger partial charge is 0.380 e. The molecule has 0 unspecified atom stereocenters. The summed E-state index contributed by atoms with van der Waals surface area (Å²) >= 11 is 0. The van der Waals surface area contributed by atoms with Crippen molar-refractivity contribution in [3.8, 4) is 0 Å². The molecule has 0 spiro atoms. The molecule has 2 aromatic rings. The fraction of sp³-hybridized carbons (Fsp3) is 0.444. The van der Waals surface area contributed by atoms with Gasteiger partial charge in [-0.2, -0.15) is 5.10 Å². The smallest absolute Gasteiger partial charge is 0.171 e. The lowest BCUT2D eigenvalue weighted by atomic mass is 9.96. The van der Waals surface area contributed by atoms with Gasteiger partial charge in [-0.05, 0) is 0 Å². The van der Waals surface area contributed by atoms with Gasteiger partial charge in [-0.1, -0.05) is 20.8 Å². The Morgan fingerprint density at radius 1 is 1.36 bits per heavy atom. The Kier molecular flexibility index (Phi) is 1.70. The van der Waals surface area contributed by atoms with Crippen molar-refractivity contribution in [3.05, 3.63) is 12.0 Å². The summed E-state index contributed by atoms with van der Waals surface area (Å²) in [7, 11) is 0. The van der Waals surface area contributed by atoms with Crippen LogP contribution in [0, 0.1) is 0 Å². The SMILES string of the molecule is CC(C)(C)c1ncc2[nH]nc(N)c2n1. The summed E-state index contributed by atoms with van der Waals surface area (Å²) in [6, 6.07) is 0. The second-order valence-electron chi connectivity index (χ2n) is 4.31. The standard InChI is InChI=1S/C9H13N5/c1-9(2,3)8-11-4-5-6(12-8)7(10)14-13-5/h4H,1-3H3,(H3,10,13,14). The number of nitrogens with zero attached hydrogens (tertiary/aromatic N) is 3. The van der Waals surface area contributed by atoms with Crippen LogP contribution in [0.25, 0.3) is 11.0 Å². The van der Waals surface area contributed by atoms with Crippen molar-refractivity contribution in [1.29, 1.82) is 0 Å². The summed E-state index contributed by atoms with van der Waals surface area (Å²) < 4.78 is 0. The van der Waals surface area contributed by atoms with Crippen LogP contribution in [0.15, 0.2) is 6.20 Å². The monoisotopic (exact) mass is 191 g/mol. The van der Waals surface area contributed by atoms with Crippen LogP contribution >= 0.6 is 0 Å². The minimum absolute atomic E-state index is 0.0715. The fourth-order valence-electron chi connectivity index (χ4n) is 1.19. The molecule has 74 valence electrons. The van der Waals surface area contributed by atoms with Crippen LogP contribution in [0.1, 0.15) is 26.6 Å². The van der Waals surface area contributed by atoms with E-state index in [1.807, 2.05) is 0 Å². The number of hydrogen-bond donors (Lipinski definition) is 2. The van der Waals surface area contributed by atoms with Gasteiger partial charge in [-0.3, -0.25) is 5.10 Å². The Hall–Kier alpha value is -1.65. The first-order chi connectivity index (χ1) is 6.48. The number of hydrogen-bond acceptors (Lipinski definition) is 4. The summed E-state index contributed by atoms with van der Waals surface area (Å²) in [4.78, 5) is 8.63. The van der Waals surface area contributed by atoms with Crippen LogP contribution in [0.3, 0.4) is 0 Å². The van der Waals surface area contributed by atoms with Crippen LogP contribution in [-0.4, -0.2) is 20.2 Å². The molecule has 0 bridgehead atoms. The molecule has 3 N–H and O–H groups in total. The summed E-state index contributed by atoms with van der Waals surface area (Å²) in [5.41, 5.74) is 7.06. The van der Waals surface area contributed by atoms with Crippen LogP contribution < -0.4 is 5.73 Å². The van der Waals surface area contributed by atoms with E-state index in [0.29, 0.717) is 11.3 Å². The minimum Gasteiger partial charge on any atom is -0.380 e. The van der Waals surface area contributed by atoms with Gasteiger partial charge in [0.1, 0.15) is 16.9 Å². The molecule has 5 nitrogen and oxygen atoms in total. The van der Waals surface area contributed by atoms with E-state index >= 15 is 0 Å². The van der Waals surface area contributed by atoms with Crippen molar-refractivity contribution < 1.29 is 0 Å². The normalized spacial score (nSPS) is 12.2. The molecule has 0 fully saturated rings. The molecule has 0 saturated heterocycles. The molecule has 0 aliphatic heterocycles. The molecule has 0 atom stereocenters. The molecule has 0 saturated carbocycles. The first kappa shape index (κ1) is 8.93. The highest BCUT2D eigenvalue weighted by atomic mass is 15.2. The summed E-state index contributed by atoms with van der Waals surface area (Å²) in [5, 5.41) is 6.64. The maximum absolute atomic E-state index is 5.66. The highest BCUT2D eigenvalue weighted by molar-refractivity contribution is 5.83. The van der Waals surface area contributed by atoms with Gasteiger partial charge >= 0.3 is 0 Å². The third-order valence-corrected chi connectivity index (χ3v) is 2.00. The van der Waals surface area contributed by atoms with Crippen molar-refractivity contribution in [3.63, 3.8) is 0 Å². The zero-order chi connectivity index (χ0) is 10.3. The van der Waals surface area contributed by atoms with Crippen molar-refractivity contribution in [2.24, 2.45) is 0 Å². The van der Waals surface area contributed by atoms with E-state index in [2.05, 4.69) is 40.9 Å². The van der Waals surface area contributed by atoms with Gasteiger partial charge in [0.2, 0.25) is 0 Å². The molecule has 2 heterocycles. The van der Waals surface area contributed by atoms with E-state index in [0.717, 1.165) is 11.3 Å². The Morgan fingerprint density at radius 2 is 2.07 bits per heavy atom. The lowest BCUT2D eigenvalue weighted by Crippen LogP contribution is -2.15. The third-order valence-electron chi connectivity index (χ3n) is 2.00. The van der Waals surface area contributed by atoms with E-state index in [1.165, 1.54) is 0 Å². The number of nitrogens with one attached hydrogen (secondary N) is 1. The topological polar surface area (TPSA) is 80.5 Å². The van der Waals surface area contributed by atoms with Gasteiger partial charge in [0.25, 0.3) is 0 Å². The van der Waals surface area contributed by atoms with Crippen molar-refractivity contribution in [2.45, 2.75) is 26.2 Å². The number of nitrogen functional groups attached to an aromatic ring is 1. The van der Waals surface area contributed by atoms with Crippen LogP contribution in [-0.2, 0) is 5.41 Å². The number of aromatic amines is 1. The van der Waals surface area contributed by atoms with Crippen molar-refractivity contribution >= 4 is 16.9 Å². The molecule has 0 aliphatic carbocycles. The Morgan fingerprint density at radius 3 is 2.71 bits per heavy atom. The molecular weight excluding hydrogens is 178 g/mol. The van der Waals surface area contributed by atoms with E-state index in [4.69, 9.17) is 5.73 Å². The van der Waals surface area contributed by atoms with E-state index < -0.39 is 0 Å². The summed E-state index contributed by atoms with van der Waals surface area (Å²) in [6.45, 7) is 6.18. The number of rotatable bonds is 0. The average Bonchev–Trinajstić information content (AvgIpc) is 2.46. The van der Waals surface area contributed by atoms with Gasteiger partial charge in [0.15, 0.2) is 5.82 Å². The Labute approximate surface area is 81.7 Å². The molecule has 2 aromatic heterocycles. The first-order valence-electron chi connectivity index (χ1n) is 4.45. The zero-order valence-corrected chi connectivity index (χ0v) is 8.50. The number of fused-ring (bicyclic) bond motifs is 1. The number of H-pyrrole nitrogens is 1. The fourth-order valence-corrected chi connectivity index (χ4v) is 1.19. The predicted molar refractivity (Wildman–Crippen MR) is 54.8 cm³/mol. The molecule has 0 amide bonds. The lowest BCUT2D eigenvalue weighted by molar-refractivity contribution is 0.548. The van der Waals surface area contributed by atoms with Crippen molar-refractivity contribution in [2.75, 3.05) is 5.73 Å². The minimum atomic E-state index is -0.0715. The summed E-state index contributed by atoms with van der Waals surface area (Å²) in [5.74, 6) is 1.20. The van der Waals surface area contributed by atoms with Gasteiger partial charge in [0, 0.05) is 5.41 Å². The maximum atomic E-state index is 5.66. The number of anilines is 1. The second kappa shape index (κ2) is 2.67. The number of nitrogens with two attached hydrogens (primary N) is 1. The second-order valence-corrected chi connectivity index (χ2v) is 4.31. The molecule has 5 heteroatoms. The predicted octanol–water partition coefficient (Wildman–Crippen LogP) is 1.23. The highest BCUT2D eigenvalue weighted by Crippen LogP contribution is 2.21. The average molecular weight is 191 g/mol. The first-order valence-corrected chi connectivity index (χ1v) is 4.45. The van der Waals surface area contributed by atoms with Crippen LogP contribution in [0.5, 0.6) is 0 Å². The number of aromatic nitrogens is 4. The van der Waals surface area contributed by atoms with Gasteiger partial charge in [0.05, 0.1) is 6.20 Å². The van der Waals surface area contributed by atoms with E-state index in [-0.39, 0.29) is 5.41 Å². The van der Waals surface area contributed by atoms with Crippen LogP contribution in [0.4, 0.5) is 5.82 Å². The molecule has 0 aliphatic rings. The maximum Gasteiger partial charge on any atom is 0.171 e. The van der Waals surface area contributed by atoms with Crippen molar-refractivity contribution in [1.82, 2.24) is 20.2 Å². The molecular formula is C9H13N5. The lowest BCUT2D eigenvalue weighted by Gasteiger charge is -2.15. The third kappa shape index (κ3) is 1.30. The van der Waals surface area contributed by atoms with E-state index in [1.54, 1.807) is 6.20 Å². The van der Waals surface area contributed by atoms with E-state index in [9.17, 15) is 0 Å². The Bertz CT molecular complexity index is 465.